The summed E-state index contributed by atoms with van der Waals surface area (Å²) >= 11 is 0. The Balaban J connectivity index is -0.000000295. The molecule has 0 spiro atoms. The van der Waals surface area contributed by atoms with Gasteiger partial charge in [-0.1, -0.05) is 53.4 Å². The van der Waals surface area contributed by atoms with Crippen LogP contribution in [0.4, 0.5) is 0 Å². The van der Waals surface area contributed by atoms with Crippen LogP contribution in [-0.2, 0) is 9.59 Å². The Labute approximate surface area is 146 Å². The van der Waals surface area contributed by atoms with Gasteiger partial charge in [-0.25, -0.2) is 0 Å². The SMILES string of the molecule is CCCCC(CC)C(=O)[O-].CCCCC(CC)C(=O)[O-].[Sn+4]. The van der Waals surface area contributed by atoms with Crippen molar-refractivity contribution >= 4 is 35.8 Å². The molecule has 0 aliphatic carbocycles. The van der Waals surface area contributed by atoms with Gasteiger partial charge in [-0.15, -0.1) is 0 Å². The summed E-state index contributed by atoms with van der Waals surface area (Å²) in [6.45, 7) is 7.89. The smallest absolute Gasteiger partial charge is 0.550 e. The van der Waals surface area contributed by atoms with Crippen molar-refractivity contribution in [3.05, 3.63) is 0 Å². The normalized spacial score (nSPS) is 12.4. The number of rotatable bonds is 10. The van der Waals surface area contributed by atoms with E-state index in [2.05, 4.69) is 13.8 Å². The average molecular weight is 405 g/mol. The van der Waals surface area contributed by atoms with E-state index in [4.69, 9.17) is 0 Å². The van der Waals surface area contributed by atoms with E-state index in [1.54, 1.807) is 0 Å². The minimum Gasteiger partial charge on any atom is -0.550 e. The Hall–Kier alpha value is -0.261. The number of carbonyl (C=O) groups excluding carboxylic acids is 2. The molecule has 0 N–H and O–H groups in total. The molecule has 2 atom stereocenters. The molecule has 0 fully saturated rings. The maximum atomic E-state index is 10.3. The number of carbonyl (C=O) groups is 2. The molecular formula is C16H30O4Sn+2. The average Bonchev–Trinajstić information content (AvgIpc) is 2.40. The van der Waals surface area contributed by atoms with Gasteiger partial charge < -0.3 is 19.8 Å². The molecule has 120 valence electrons. The molecule has 0 amide bonds. The molecule has 0 bridgehead atoms. The molecule has 0 radical (unpaired) electrons. The van der Waals surface area contributed by atoms with Gasteiger partial charge in [0.2, 0.25) is 0 Å². The van der Waals surface area contributed by atoms with Gasteiger partial charge in [0, 0.05) is 11.9 Å². The molecule has 0 saturated heterocycles. The zero-order valence-corrected chi connectivity index (χ0v) is 16.8. The van der Waals surface area contributed by atoms with E-state index in [1.807, 2.05) is 13.8 Å². The van der Waals surface area contributed by atoms with E-state index in [-0.39, 0.29) is 35.7 Å². The summed E-state index contributed by atoms with van der Waals surface area (Å²) in [7, 11) is 0. The van der Waals surface area contributed by atoms with Crippen molar-refractivity contribution in [3.63, 3.8) is 0 Å². The van der Waals surface area contributed by atoms with E-state index in [1.165, 1.54) is 0 Å². The van der Waals surface area contributed by atoms with Gasteiger partial charge in [0.05, 0.1) is 0 Å². The predicted octanol–water partition coefficient (Wildman–Crippen LogP) is 1.52. The monoisotopic (exact) mass is 406 g/mol. The number of unbranched alkanes of at least 4 members (excludes halogenated alkanes) is 2. The minimum atomic E-state index is -0.893. The summed E-state index contributed by atoms with van der Waals surface area (Å²) in [6, 6.07) is 0. The number of carboxylic acids is 2. The van der Waals surface area contributed by atoms with Crippen LogP contribution in [0, 0.1) is 11.8 Å². The molecule has 2 unspecified atom stereocenters. The van der Waals surface area contributed by atoms with Gasteiger partial charge in [-0.2, -0.15) is 0 Å². The second kappa shape index (κ2) is 17.8. The topological polar surface area (TPSA) is 80.3 Å². The van der Waals surface area contributed by atoms with Crippen molar-refractivity contribution in [2.45, 2.75) is 79.1 Å². The summed E-state index contributed by atoms with van der Waals surface area (Å²) in [5, 5.41) is 20.7. The molecule has 21 heavy (non-hydrogen) atoms. The van der Waals surface area contributed by atoms with E-state index in [0.717, 1.165) is 38.5 Å². The van der Waals surface area contributed by atoms with Crippen LogP contribution >= 0.6 is 0 Å². The third-order valence-corrected chi connectivity index (χ3v) is 3.46. The van der Waals surface area contributed by atoms with Crippen molar-refractivity contribution in [1.29, 1.82) is 0 Å². The molecule has 0 aromatic rings. The molecule has 4 nitrogen and oxygen atoms in total. The molecule has 0 aromatic carbocycles. The number of hydrogen-bond donors (Lipinski definition) is 0. The fourth-order valence-corrected chi connectivity index (χ4v) is 1.88. The molecule has 0 aliphatic rings. The first-order valence-electron chi connectivity index (χ1n) is 7.86. The molecule has 0 heterocycles. The van der Waals surface area contributed by atoms with Crippen LogP contribution in [0.15, 0.2) is 0 Å². The van der Waals surface area contributed by atoms with Crippen molar-refractivity contribution in [3.8, 4) is 0 Å². The van der Waals surface area contributed by atoms with E-state index in [9.17, 15) is 19.8 Å². The van der Waals surface area contributed by atoms with Crippen LogP contribution in [0.3, 0.4) is 0 Å². The summed E-state index contributed by atoms with van der Waals surface area (Å²) in [4.78, 5) is 20.7. The Bertz CT molecular complexity index is 231. The summed E-state index contributed by atoms with van der Waals surface area (Å²) in [5.74, 6) is -2.23. The zero-order valence-electron chi connectivity index (χ0n) is 13.9. The maximum Gasteiger partial charge on any atom is 4.00 e. The number of aliphatic carboxylic acids is 2. The van der Waals surface area contributed by atoms with E-state index < -0.39 is 11.9 Å². The van der Waals surface area contributed by atoms with Crippen molar-refractivity contribution < 1.29 is 19.8 Å². The summed E-state index contributed by atoms with van der Waals surface area (Å²) in [5.41, 5.74) is 0. The van der Waals surface area contributed by atoms with Crippen LogP contribution in [0.5, 0.6) is 0 Å². The number of carboxylic acid groups (broad SMARTS) is 2. The molecule has 5 heteroatoms. The van der Waals surface area contributed by atoms with E-state index >= 15 is 0 Å². The first kappa shape index (κ1) is 25.7. The molecule has 0 rings (SSSR count). The largest absolute Gasteiger partial charge is 4.00 e. The van der Waals surface area contributed by atoms with Crippen LogP contribution in [0.1, 0.15) is 79.1 Å². The number of hydrogen-bond acceptors (Lipinski definition) is 4. The van der Waals surface area contributed by atoms with Crippen LogP contribution in [-0.4, -0.2) is 35.8 Å². The van der Waals surface area contributed by atoms with Gasteiger partial charge in [0.15, 0.2) is 0 Å². The Morgan fingerprint density at radius 1 is 0.762 bits per heavy atom. The van der Waals surface area contributed by atoms with Crippen molar-refractivity contribution in [2.75, 3.05) is 0 Å². The molecule has 0 aromatic heterocycles. The van der Waals surface area contributed by atoms with Gasteiger partial charge in [-0.3, -0.25) is 0 Å². The van der Waals surface area contributed by atoms with Crippen molar-refractivity contribution in [2.24, 2.45) is 11.8 Å². The second-order valence-electron chi connectivity index (χ2n) is 5.13. The molecular weight excluding hydrogens is 375 g/mol. The third kappa shape index (κ3) is 15.9. The van der Waals surface area contributed by atoms with Gasteiger partial charge in [0.25, 0.3) is 0 Å². The third-order valence-electron chi connectivity index (χ3n) is 3.46. The second-order valence-corrected chi connectivity index (χ2v) is 5.13. The van der Waals surface area contributed by atoms with Gasteiger partial charge in [0.1, 0.15) is 0 Å². The fraction of sp³-hybridized carbons (Fsp3) is 0.875. The van der Waals surface area contributed by atoms with Gasteiger partial charge >= 0.3 is 23.9 Å². The fourth-order valence-electron chi connectivity index (χ4n) is 1.88. The molecule has 0 saturated carbocycles. The summed E-state index contributed by atoms with van der Waals surface area (Å²) in [6.07, 6.45) is 7.04. The quantitative estimate of drug-likeness (QED) is 0.517. The maximum absolute atomic E-state index is 10.3. The van der Waals surface area contributed by atoms with Crippen molar-refractivity contribution in [1.82, 2.24) is 0 Å². The Kier molecular flexibility index (Phi) is 21.8. The van der Waals surface area contributed by atoms with Gasteiger partial charge in [-0.05, 0) is 37.5 Å². The zero-order chi connectivity index (χ0) is 16.0. The Morgan fingerprint density at radius 3 is 1.19 bits per heavy atom. The predicted molar refractivity (Wildman–Crippen MR) is 82.4 cm³/mol. The van der Waals surface area contributed by atoms with E-state index in [0.29, 0.717) is 12.8 Å². The van der Waals surface area contributed by atoms with Crippen LogP contribution < -0.4 is 10.2 Å². The van der Waals surface area contributed by atoms with Crippen LogP contribution in [0.2, 0.25) is 0 Å². The standard InChI is InChI=1S/2C8H16O2.Sn/c2*1-3-5-6-7(4-2)8(9)10;/h2*7H,3-6H2,1-2H3,(H,9,10);/q;;+4/p-2. The molecule has 0 aliphatic heterocycles. The summed E-state index contributed by atoms with van der Waals surface area (Å²) < 4.78 is 0. The first-order chi connectivity index (χ1) is 9.44. The van der Waals surface area contributed by atoms with Crippen LogP contribution in [0.25, 0.3) is 0 Å². The first-order valence-corrected chi connectivity index (χ1v) is 7.86. The Morgan fingerprint density at radius 2 is 1.05 bits per heavy atom. The minimum absolute atomic E-state index is 0.